The zero-order valence-corrected chi connectivity index (χ0v) is 11.5. The molecule has 0 unspecified atom stereocenters. The molecule has 2 aromatic heterocycles. The van der Waals surface area contributed by atoms with Crippen LogP contribution in [0.4, 0.5) is 0 Å². The molecule has 0 saturated heterocycles. The van der Waals surface area contributed by atoms with Gasteiger partial charge in [0.25, 0.3) is 0 Å². The van der Waals surface area contributed by atoms with E-state index in [-0.39, 0.29) is 5.78 Å². The highest BCUT2D eigenvalue weighted by molar-refractivity contribution is 6.31. The highest BCUT2D eigenvalue weighted by Gasteiger charge is 2.10. The van der Waals surface area contributed by atoms with Crippen molar-refractivity contribution in [2.75, 3.05) is 0 Å². The highest BCUT2D eigenvalue weighted by Crippen LogP contribution is 2.24. The first-order valence-corrected chi connectivity index (χ1v) is 5.97. The van der Waals surface area contributed by atoms with Crippen LogP contribution in [0.2, 0.25) is 5.15 Å². The lowest BCUT2D eigenvalue weighted by atomic mass is 10.1. The first-order valence-electron chi connectivity index (χ1n) is 5.59. The van der Waals surface area contributed by atoms with Crippen LogP contribution >= 0.6 is 11.6 Å². The normalized spacial score (nSPS) is 12.2. The topological polar surface area (TPSA) is 47.8 Å². The molecule has 2 heterocycles. The van der Waals surface area contributed by atoms with Crippen LogP contribution < -0.4 is 0 Å². The second-order valence-corrected chi connectivity index (χ2v) is 4.69. The van der Waals surface area contributed by atoms with E-state index >= 15 is 0 Å². The van der Waals surface area contributed by atoms with E-state index in [1.807, 2.05) is 20.0 Å². The minimum absolute atomic E-state index is 0.0223. The lowest BCUT2D eigenvalue weighted by molar-refractivity contribution is -0.113. The summed E-state index contributed by atoms with van der Waals surface area (Å²) in [6, 6.07) is 1.92. The number of hydrogen-bond donors (Lipinski definition) is 0. The Morgan fingerprint density at radius 2 is 2.11 bits per heavy atom. The Kier molecular flexibility index (Phi) is 3.22. The van der Waals surface area contributed by atoms with Gasteiger partial charge in [0.1, 0.15) is 5.15 Å². The highest BCUT2D eigenvalue weighted by atomic mass is 35.5. The van der Waals surface area contributed by atoms with Gasteiger partial charge in [-0.3, -0.25) is 9.48 Å². The molecular formula is C13H14ClN3O. The van der Waals surface area contributed by atoms with E-state index in [9.17, 15) is 4.79 Å². The fraction of sp³-hybridized carbons (Fsp3) is 0.308. The van der Waals surface area contributed by atoms with Gasteiger partial charge in [0, 0.05) is 18.0 Å². The predicted molar refractivity (Wildman–Crippen MR) is 72.6 cm³/mol. The van der Waals surface area contributed by atoms with E-state index in [1.54, 1.807) is 17.7 Å². The van der Waals surface area contributed by atoms with Crippen molar-refractivity contribution in [3.05, 3.63) is 28.0 Å². The molecule has 2 rings (SSSR count). The van der Waals surface area contributed by atoms with E-state index in [4.69, 9.17) is 11.6 Å². The Morgan fingerprint density at radius 1 is 1.44 bits per heavy atom. The number of aryl methyl sites for hydroxylation is 2. The number of rotatable bonds is 2. The maximum Gasteiger partial charge on any atom is 0.159 e. The van der Waals surface area contributed by atoms with Crippen molar-refractivity contribution in [2.45, 2.75) is 20.8 Å². The Morgan fingerprint density at radius 3 is 2.72 bits per heavy atom. The quantitative estimate of drug-likeness (QED) is 0.618. The van der Waals surface area contributed by atoms with Crippen molar-refractivity contribution < 1.29 is 4.79 Å². The van der Waals surface area contributed by atoms with Crippen LogP contribution in [0.15, 0.2) is 11.6 Å². The van der Waals surface area contributed by atoms with Crippen LogP contribution in [0.1, 0.15) is 25.1 Å². The number of halogens is 1. The van der Waals surface area contributed by atoms with Gasteiger partial charge in [-0.15, -0.1) is 0 Å². The number of carbonyl (C=O) groups excluding carboxylic acids is 1. The third-order valence-electron chi connectivity index (χ3n) is 2.91. The van der Waals surface area contributed by atoms with Gasteiger partial charge >= 0.3 is 0 Å². The zero-order chi connectivity index (χ0) is 13.4. The summed E-state index contributed by atoms with van der Waals surface area (Å²) in [5.41, 5.74) is 3.04. The fourth-order valence-electron chi connectivity index (χ4n) is 1.77. The number of fused-ring (bicyclic) bond motifs is 1. The summed E-state index contributed by atoms with van der Waals surface area (Å²) >= 11 is 6.13. The fourth-order valence-corrected chi connectivity index (χ4v) is 1.96. The van der Waals surface area contributed by atoms with Crippen molar-refractivity contribution in [1.82, 2.24) is 14.8 Å². The zero-order valence-electron chi connectivity index (χ0n) is 10.8. The minimum atomic E-state index is 0.0223. The third kappa shape index (κ3) is 2.16. The molecule has 0 radical (unpaired) electrons. The Labute approximate surface area is 110 Å². The number of allylic oxidation sites excluding steroid dienone is 1. The Balaban J connectivity index is 2.66. The molecule has 0 aliphatic heterocycles. The summed E-state index contributed by atoms with van der Waals surface area (Å²) in [6.45, 7) is 5.21. The molecule has 0 spiro atoms. The van der Waals surface area contributed by atoms with E-state index in [0.29, 0.717) is 10.7 Å². The minimum Gasteiger partial charge on any atom is -0.295 e. The van der Waals surface area contributed by atoms with Crippen LogP contribution in [0.25, 0.3) is 17.1 Å². The molecule has 0 aromatic carbocycles. The number of aromatic nitrogens is 3. The van der Waals surface area contributed by atoms with E-state index < -0.39 is 0 Å². The molecule has 0 amide bonds. The van der Waals surface area contributed by atoms with E-state index in [1.165, 1.54) is 6.92 Å². The smallest absolute Gasteiger partial charge is 0.159 e. The van der Waals surface area contributed by atoms with Gasteiger partial charge in [0.15, 0.2) is 11.4 Å². The molecular weight excluding hydrogens is 250 g/mol. The SMILES string of the molecule is CC(=O)/C(C)=C/c1cc2c(C)nn(C)c2nc1Cl. The maximum atomic E-state index is 11.2. The standard InChI is InChI=1S/C13H14ClN3O/c1-7(9(3)18)5-10-6-11-8(2)16-17(4)13(11)15-12(10)14/h5-6H,1-4H3/b7-5+. The van der Waals surface area contributed by atoms with Crippen molar-refractivity contribution in [3.63, 3.8) is 0 Å². The number of hydrogen-bond acceptors (Lipinski definition) is 3. The molecule has 0 aliphatic carbocycles. The summed E-state index contributed by atoms with van der Waals surface area (Å²) in [7, 11) is 1.83. The lowest BCUT2D eigenvalue weighted by Crippen LogP contribution is -1.94. The second-order valence-electron chi connectivity index (χ2n) is 4.33. The van der Waals surface area contributed by atoms with Crippen molar-refractivity contribution >= 4 is 34.5 Å². The third-order valence-corrected chi connectivity index (χ3v) is 3.21. The summed E-state index contributed by atoms with van der Waals surface area (Å²) in [5, 5.41) is 5.62. The van der Waals surface area contributed by atoms with Gasteiger partial charge < -0.3 is 0 Å². The average Bonchev–Trinajstić information content (AvgIpc) is 2.55. The molecule has 0 N–H and O–H groups in total. The monoisotopic (exact) mass is 263 g/mol. The van der Waals surface area contributed by atoms with Crippen LogP contribution in [-0.4, -0.2) is 20.5 Å². The molecule has 4 nitrogen and oxygen atoms in total. The largest absolute Gasteiger partial charge is 0.295 e. The molecule has 0 bridgehead atoms. The Hall–Kier alpha value is -1.68. The number of carbonyl (C=O) groups is 1. The number of ketones is 1. The summed E-state index contributed by atoms with van der Waals surface area (Å²) < 4.78 is 1.70. The number of nitrogens with zero attached hydrogens (tertiary/aromatic N) is 3. The van der Waals surface area contributed by atoms with E-state index in [2.05, 4.69) is 10.1 Å². The second kappa shape index (κ2) is 4.53. The molecule has 2 aromatic rings. The predicted octanol–water partition coefficient (Wildman–Crippen LogP) is 2.92. The van der Waals surface area contributed by atoms with Gasteiger partial charge in [-0.2, -0.15) is 5.10 Å². The molecule has 5 heteroatoms. The summed E-state index contributed by atoms with van der Waals surface area (Å²) in [5.74, 6) is 0.0223. The van der Waals surface area contributed by atoms with Crippen molar-refractivity contribution in [1.29, 1.82) is 0 Å². The first kappa shape index (κ1) is 12.8. The molecule has 18 heavy (non-hydrogen) atoms. The first-order chi connectivity index (χ1) is 8.40. The van der Waals surface area contributed by atoms with Crippen molar-refractivity contribution in [2.24, 2.45) is 7.05 Å². The summed E-state index contributed by atoms with van der Waals surface area (Å²) in [4.78, 5) is 15.6. The maximum absolute atomic E-state index is 11.2. The van der Waals surface area contributed by atoms with Crippen LogP contribution in [0.3, 0.4) is 0 Å². The number of Topliss-reactive ketones (excluding diaryl/α,β-unsaturated/α-hetero) is 1. The number of pyridine rings is 1. The summed E-state index contributed by atoms with van der Waals surface area (Å²) in [6.07, 6.45) is 1.75. The molecule has 0 fully saturated rings. The molecule has 0 aliphatic rings. The average molecular weight is 264 g/mol. The van der Waals surface area contributed by atoms with Crippen LogP contribution in [0, 0.1) is 6.92 Å². The van der Waals surface area contributed by atoms with Gasteiger partial charge in [0.05, 0.1) is 5.69 Å². The lowest BCUT2D eigenvalue weighted by Gasteiger charge is -2.01. The molecule has 0 saturated carbocycles. The Bertz CT molecular complexity index is 670. The molecule has 94 valence electrons. The van der Waals surface area contributed by atoms with Gasteiger partial charge in [-0.25, -0.2) is 4.98 Å². The molecule has 0 atom stereocenters. The van der Waals surface area contributed by atoms with Gasteiger partial charge in [-0.1, -0.05) is 11.6 Å². The van der Waals surface area contributed by atoms with Crippen LogP contribution in [-0.2, 0) is 11.8 Å². The van der Waals surface area contributed by atoms with Gasteiger partial charge in [-0.05, 0) is 38.5 Å². The van der Waals surface area contributed by atoms with E-state index in [0.717, 1.165) is 22.3 Å². The van der Waals surface area contributed by atoms with Crippen molar-refractivity contribution in [3.8, 4) is 0 Å². The van der Waals surface area contributed by atoms with Gasteiger partial charge in [0.2, 0.25) is 0 Å². The van der Waals surface area contributed by atoms with Crippen LogP contribution in [0.5, 0.6) is 0 Å².